The van der Waals surface area contributed by atoms with Crippen LogP contribution in [0.2, 0.25) is 0 Å². The SMILES string of the molecule is CCCOC(=O)c1cnc2cc[nH]n2c1=O. The molecule has 2 rings (SSSR count). The Hall–Kier alpha value is -2.11. The van der Waals surface area contributed by atoms with E-state index in [0.29, 0.717) is 18.7 Å². The fraction of sp³-hybridized carbons (Fsp3) is 0.300. The Balaban J connectivity index is 2.41. The molecule has 2 heterocycles. The summed E-state index contributed by atoms with van der Waals surface area (Å²) in [5.74, 6) is -0.636. The number of H-pyrrole nitrogens is 1. The molecule has 0 radical (unpaired) electrons. The first-order valence-corrected chi connectivity index (χ1v) is 4.96. The Labute approximate surface area is 90.9 Å². The molecule has 0 aromatic carbocycles. The molecule has 84 valence electrons. The van der Waals surface area contributed by atoms with Crippen molar-refractivity contribution >= 4 is 11.6 Å². The molecule has 0 atom stereocenters. The van der Waals surface area contributed by atoms with E-state index in [2.05, 4.69) is 10.1 Å². The molecule has 0 fully saturated rings. The van der Waals surface area contributed by atoms with Crippen LogP contribution in [0.1, 0.15) is 23.7 Å². The largest absolute Gasteiger partial charge is 0.462 e. The van der Waals surface area contributed by atoms with E-state index in [1.165, 1.54) is 10.7 Å². The molecule has 16 heavy (non-hydrogen) atoms. The molecule has 1 N–H and O–H groups in total. The maximum atomic E-state index is 11.8. The van der Waals surface area contributed by atoms with E-state index in [9.17, 15) is 9.59 Å². The molecule has 0 aliphatic carbocycles. The molecular weight excluding hydrogens is 210 g/mol. The molecule has 0 saturated heterocycles. The normalized spacial score (nSPS) is 10.6. The smallest absolute Gasteiger partial charge is 0.345 e. The molecule has 2 aromatic heterocycles. The number of aromatic nitrogens is 3. The van der Waals surface area contributed by atoms with Gasteiger partial charge in [-0.1, -0.05) is 6.92 Å². The number of fused-ring (bicyclic) bond motifs is 1. The van der Waals surface area contributed by atoms with E-state index >= 15 is 0 Å². The third-order valence-corrected chi connectivity index (χ3v) is 2.08. The number of hydrogen-bond acceptors (Lipinski definition) is 4. The number of hydrogen-bond donors (Lipinski definition) is 1. The van der Waals surface area contributed by atoms with Gasteiger partial charge in [0.2, 0.25) is 0 Å². The van der Waals surface area contributed by atoms with Crippen LogP contribution in [0.4, 0.5) is 0 Å². The van der Waals surface area contributed by atoms with Gasteiger partial charge < -0.3 is 4.74 Å². The highest BCUT2D eigenvalue weighted by atomic mass is 16.5. The van der Waals surface area contributed by atoms with E-state index in [-0.39, 0.29) is 5.56 Å². The summed E-state index contributed by atoms with van der Waals surface area (Å²) in [6.07, 6.45) is 3.53. The molecule has 0 amide bonds. The van der Waals surface area contributed by atoms with Crippen LogP contribution in [0, 0.1) is 0 Å². The standard InChI is InChI=1S/C10H11N3O3/c1-2-5-16-10(15)7-6-11-8-3-4-12-13(8)9(7)14/h3-4,6,12H,2,5H2,1H3. The summed E-state index contributed by atoms with van der Waals surface area (Å²) in [6.45, 7) is 2.18. The third-order valence-electron chi connectivity index (χ3n) is 2.08. The van der Waals surface area contributed by atoms with E-state index in [1.54, 1.807) is 12.3 Å². The van der Waals surface area contributed by atoms with Gasteiger partial charge in [-0.2, -0.15) is 0 Å². The lowest BCUT2D eigenvalue weighted by molar-refractivity contribution is 0.0502. The molecule has 0 aliphatic heterocycles. The summed E-state index contributed by atoms with van der Waals surface area (Å²) in [4.78, 5) is 27.2. The van der Waals surface area contributed by atoms with Crippen LogP contribution in [0.15, 0.2) is 23.3 Å². The molecule has 2 aromatic rings. The number of nitrogens with one attached hydrogen (secondary N) is 1. The van der Waals surface area contributed by atoms with Gasteiger partial charge in [0.05, 0.1) is 6.61 Å². The zero-order valence-corrected chi connectivity index (χ0v) is 8.77. The van der Waals surface area contributed by atoms with Gasteiger partial charge in [0.25, 0.3) is 5.56 Å². The van der Waals surface area contributed by atoms with Crippen molar-refractivity contribution in [3.05, 3.63) is 34.4 Å². The average molecular weight is 221 g/mol. The lowest BCUT2D eigenvalue weighted by Gasteiger charge is -2.02. The number of rotatable bonds is 3. The number of aromatic amines is 1. The van der Waals surface area contributed by atoms with Gasteiger partial charge in [-0.15, -0.1) is 0 Å². The van der Waals surface area contributed by atoms with Crippen LogP contribution >= 0.6 is 0 Å². The molecule has 0 spiro atoms. The van der Waals surface area contributed by atoms with Gasteiger partial charge in [0, 0.05) is 18.5 Å². The molecule has 0 unspecified atom stereocenters. The fourth-order valence-electron chi connectivity index (χ4n) is 1.31. The van der Waals surface area contributed by atoms with Gasteiger partial charge in [0.15, 0.2) is 5.65 Å². The van der Waals surface area contributed by atoms with Crippen LogP contribution in [-0.4, -0.2) is 27.2 Å². The summed E-state index contributed by atoms with van der Waals surface area (Å²) in [5.41, 5.74) is -0.0402. The lowest BCUT2D eigenvalue weighted by Crippen LogP contribution is -2.24. The highest BCUT2D eigenvalue weighted by molar-refractivity contribution is 5.88. The van der Waals surface area contributed by atoms with Gasteiger partial charge in [-0.25, -0.2) is 14.3 Å². The first-order chi connectivity index (χ1) is 7.74. The Morgan fingerprint density at radius 3 is 3.19 bits per heavy atom. The first kappa shape index (κ1) is 10.4. The van der Waals surface area contributed by atoms with E-state index in [4.69, 9.17) is 4.74 Å². The zero-order valence-electron chi connectivity index (χ0n) is 8.77. The number of carbonyl (C=O) groups is 1. The minimum atomic E-state index is -0.636. The summed E-state index contributed by atoms with van der Waals surface area (Å²) >= 11 is 0. The van der Waals surface area contributed by atoms with E-state index in [0.717, 1.165) is 0 Å². The summed E-state index contributed by atoms with van der Waals surface area (Å²) in [6, 6.07) is 1.64. The van der Waals surface area contributed by atoms with E-state index < -0.39 is 11.5 Å². The Bertz CT molecular complexity index is 570. The van der Waals surface area contributed by atoms with Crippen molar-refractivity contribution < 1.29 is 9.53 Å². The second-order valence-electron chi connectivity index (χ2n) is 3.27. The molecule has 6 heteroatoms. The van der Waals surface area contributed by atoms with Crippen LogP contribution in [0.3, 0.4) is 0 Å². The molecular formula is C10H11N3O3. The van der Waals surface area contributed by atoms with Crippen LogP contribution in [-0.2, 0) is 4.74 Å². The van der Waals surface area contributed by atoms with Crippen molar-refractivity contribution in [2.24, 2.45) is 0 Å². The summed E-state index contributed by atoms with van der Waals surface area (Å²) < 4.78 is 6.07. The number of ether oxygens (including phenoxy) is 1. The summed E-state index contributed by atoms with van der Waals surface area (Å²) in [7, 11) is 0. The van der Waals surface area contributed by atoms with Gasteiger partial charge in [-0.05, 0) is 6.42 Å². The molecule has 0 saturated carbocycles. The number of nitrogens with zero attached hydrogens (tertiary/aromatic N) is 2. The molecule has 0 aliphatic rings. The molecule has 0 bridgehead atoms. The average Bonchev–Trinajstić information content (AvgIpc) is 2.75. The van der Waals surface area contributed by atoms with Gasteiger partial charge >= 0.3 is 5.97 Å². The van der Waals surface area contributed by atoms with Crippen molar-refractivity contribution in [3.8, 4) is 0 Å². The molecule has 6 nitrogen and oxygen atoms in total. The quantitative estimate of drug-likeness (QED) is 0.769. The maximum absolute atomic E-state index is 11.8. The summed E-state index contributed by atoms with van der Waals surface area (Å²) in [5, 5.41) is 2.67. The Morgan fingerprint density at radius 2 is 2.44 bits per heavy atom. The highest BCUT2D eigenvalue weighted by Gasteiger charge is 2.14. The Kier molecular flexibility index (Phi) is 2.72. The minimum absolute atomic E-state index is 0.0617. The van der Waals surface area contributed by atoms with Crippen molar-refractivity contribution in [1.82, 2.24) is 14.6 Å². The topological polar surface area (TPSA) is 76.5 Å². The monoisotopic (exact) mass is 221 g/mol. The predicted octanol–water partition coefficient (Wildman–Crippen LogP) is 0.589. The number of esters is 1. The zero-order chi connectivity index (χ0) is 11.5. The first-order valence-electron chi connectivity index (χ1n) is 4.96. The second-order valence-corrected chi connectivity index (χ2v) is 3.27. The highest BCUT2D eigenvalue weighted by Crippen LogP contribution is 1.98. The van der Waals surface area contributed by atoms with Crippen molar-refractivity contribution in [1.29, 1.82) is 0 Å². The van der Waals surface area contributed by atoms with Crippen molar-refractivity contribution in [2.45, 2.75) is 13.3 Å². The maximum Gasteiger partial charge on any atom is 0.345 e. The van der Waals surface area contributed by atoms with Crippen molar-refractivity contribution in [2.75, 3.05) is 6.61 Å². The van der Waals surface area contributed by atoms with Crippen LogP contribution in [0.5, 0.6) is 0 Å². The van der Waals surface area contributed by atoms with Crippen LogP contribution in [0.25, 0.3) is 5.65 Å². The minimum Gasteiger partial charge on any atom is -0.462 e. The van der Waals surface area contributed by atoms with E-state index in [1.807, 2.05) is 6.92 Å². The predicted molar refractivity (Wildman–Crippen MR) is 56.4 cm³/mol. The third kappa shape index (κ3) is 1.69. The Morgan fingerprint density at radius 1 is 1.62 bits per heavy atom. The van der Waals surface area contributed by atoms with Gasteiger partial charge in [0.1, 0.15) is 5.56 Å². The lowest BCUT2D eigenvalue weighted by atomic mass is 10.3. The fourth-order valence-corrected chi connectivity index (χ4v) is 1.31. The van der Waals surface area contributed by atoms with Crippen molar-refractivity contribution in [3.63, 3.8) is 0 Å². The second kappa shape index (κ2) is 4.18. The van der Waals surface area contributed by atoms with Gasteiger partial charge in [-0.3, -0.25) is 9.89 Å². The number of carbonyl (C=O) groups excluding carboxylic acids is 1. The van der Waals surface area contributed by atoms with Crippen LogP contribution < -0.4 is 5.56 Å².